The maximum Gasteiger partial charge on any atom is 0.307 e. The zero-order valence-corrected chi connectivity index (χ0v) is 13.4. The van der Waals surface area contributed by atoms with Crippen molar-refractivity contribution in [2.24, 2.45) is 0 Å². The molecular weight excluding hydrogens is 288 g/mol. The van der Waals surface area contributed by atoms with Crippen molar-refractivity contribution in [3.8, 4) is 11.3 Å². The van der Waals surface area contributed by atoms with Crippen molar-refractivity contribution < 1.29 is 9.90 Å². The van der Waals surface area contributed by atoms with E-state index in [4.69, 9.17) is 5.11 Å². The molecule has 0 amide bonds. The Morgan fingerprint density at radius 3 is 2.70 bits per heavy atom. The molecule has 0 radical (unpaired) electrons. The van der Waals surface area contributed by atoms with Gasteiger partial charge in [-0.25, -0.2) is 0 Å². The topological polar surface area (TPSA) is 53.4 Å². The lowest BCUT2D eigenvalue weighted by atomic mass is 10.0. The van der Waals surface area contributed by atoms with E-state index < -0.39 is 5.97 Å². The smallest absolute Gasteiger partial charge is 0.307 e. The van der Waals surface area contributed by atoms with E-state index in [0.717, 1.165) is 16.8 Å². The number of aliphatic carboxylic acids is 1. The van der Waals surface area contributed by atoms with Crippen LogP contribution in [0.5, 0.6) is 0 Å². The highest BCUT2D eigenvalue weighted by Crippen LogP contribution is 2.27. The molecule has 120 valence electrons. The fourth-order valence-corrected chi connectivity index (χ4v) is 3.17. The van der Waals surface area contributed by atoms with E-state index in [-0.39, 0.29) is 6.42 Å². The van der Waals surface area contributed by atoms with Crippen molar-refractivity contribution in [3.63, 3.8) is 0 Å². The van der Waals surface area contributed by atoms with Crippen molar-refractivity contribution in [1.82, 2.24) is 9.88 Å². The van der Waals surface area contributed by atoms with Crippen LogP contribution in [0.1, 0.15) is 36.9 Å². The van der Waals surface area contributed by atoms with Crippen LogP contribution >= 0.6 is 0 Å². The second-order valence-electron chi connectivity index (χ2n) is 6.17. The second-order valence-corrected chi connectivity index (χ2v) is 6.17. The number of hydrogen-bond donors (Lipinski definition) is 1. The molecule has 4 nitrogen and oxygen atoms in total. The van der Waals surface area contributed by atoms with Gasteiger partial charge in [0.15, 0.2) is 0 Å². The first-order chi connectivity index (χ1) is 11.1. The van der Waals surface area contributed by atoms with E-state index in [0.29, 0.717) is 6.04 Å². The summed E-state index contributed by atoms with van der Waals surface area (Å²) in [5, 5.41) is 8.82. The largest absolute Gasteiger partial charge is 0.481 e. The van der Waals surface area contributed by atoms with Crippen LogP contribution in [0.4, 0.5) is 0 Å². The SMILES string of the molecule is C[C@@H](c1cccc(-c2ccc(CC(=O)O)cn2)c1)N1CCCC1. The summed E-state index contributed by atoms with van der Waals surface area (Å²) in [6.45, 7) is 4.61. The summed E-state index contributed by atoms with van der Waals surface area (Å²) in [5.41, 5.74) is 3.99. The highest BCUT2D eigenvalue weighted by atomic mass is 16.4. The molecule has 0 aliphatic carbocycles. The first-order valence-corrected chi connectivity index (χ1v) is 8.14. The molecule has 1 atom stereocenters. The number of carbonyl (C=O) groups is 1. The number of rotatable bonds is 5. The molecule has 0 spiro atoms. The first kappa shape index (κ1) is 15.7. The van der Waals surface area contributed by atoms with E-state index >= 15 is 0 Å². The van der Waals surface area contributed by atoms with Gasteiger partial charge in [-0.05, 0) is 56.1 Å². The summed E-state index contributed by atoms with van der Waals surface area (Å²) >= 11 is 0. The molecule has 1 fully saturated rings. The molecule has 0 saturated carbocycles. The highest BCUT2D eigenvalue weighted by molar-refractivity contribution is 5.70. The number of carboxylic acid groups (broad SMARTS) is 1. The lowest BCUT2D eigenvalue weighted by Gasteiger charge is -2.24. The number of likely N-dealkylation sites (tertiary alicyclic amines) is 1. The van der Waals surface area contributed by atoms with Crippen molar-refractivity contribution in [2.45, 2.75) is 32.2 Å². The summed E-state index contributed by atoms with van der Waals surface area (Å²) in [6.07, 6.45) is 4.24. The molecule has 2 aromatic rings. The normalized spacial score (nSPS) is 16.4. The Balaban J connectivity index is 1.80. The Labute approximate surface area is 136 Å². The van der Waals surface area contributed by atoms with Gasteiger partial charge in [-0.2, -0.15) is 0 Å². The van der Waals surface area contributed by atoms with Crippen molar-refractivity contribution in [3.05, 3.63) is 53.7 Å². The summed E-state index contributed by atoms with van der Waals surface area (Å²) in [6, 6.07) is 12.7. The maximum absolute atomic E-state index is 10.7. The second kappa shape index (κ2) is 6.92. The lowest BCUT2D eigenvalue weighted by molar-refractivity contribution is -0.136. The standard InChI is InChI=1S/C19H22N2O2/c1-14(21-9-2-3-10-21)16-5-4-6-17(12-16)18-8-7-15(13-20-18)11-19(22)23/h4-8,12-14H,2-3,9-11H2,1H3,(H,22,23)/t14-/m0/s1. The molecule has 2 heterocycles. The van der Waals surface area contributed by atoms with Gasteiger partial charge in [-0.15, -0.1) is 0 Å². The van der Waals surface area contributed by atoms with Gasteiger partial charge in [0.1, 0.15) is 0 Å². The average Bonchev–Trinajstić information content (AvgIpc) is 3.09. The van der Waals surface area contributed by atoms with Crippen LogP contribution in [0.25, 0.3) is 11.3 Å². The van der Waals surface area contributed by atoms with Crippen LogP contribution in [0.15, 0.2) is 42.6 Å². The van der Waals surface area contributed by atoms with Crippen LogP contribution in [0.2, 0.25) is 0 Å². The van der Waals surface area contributed by atoms with Crippen LogP contribution in [0, 0.1) is 0 Å². The average molecular weight is 310 g/mol. The molecule has 1 saturated heterocycles. The van der Waals surface area contributed by atoms with Crippen molar-refractivity contribution in [1.29, 1.82) is 0 Å². The van der Waals surface area contributed by atoms with Crippen LogP contribution in [-0.2, 0) is 11.2 Å². The van der Waals surface area contributed by atoms with E-state index in [9.17, 15) is 4.79 Å². The number of hydrogen-bond acceptors (Lipinski definition) is 3. The molecule has 1 aliphatic heterocycles. The minimum Gasteiger partial charge on any atom is -0.481 e. The molecule has 23 heavy (non-hydrogen) atoms. The first-order valence-electron chi connectivity index (χ1n) is 8.14. The fourth-order valence-electron chi connectivity index (χ4n) is 3.17. The number of carboxylic acids is 1. The van der Waals surface area contributed by atoms with Gasteiger partial charge < -0.3 is 5.11 Å². The summed E-state index contributed by atoms with van der Waals surface area (Å²) < 4.78 is 0. The number of pyridine rings is 1. The highest BCUT2D eigenvalue weighted by Gasteiger charge is 2.19. The third kappa shape index (κ3) is 3.77. The predicted molar refractivity (Wildman–Crippen MR) is 90.2 cm³/mol. The third-order valence-electron chi connectivity index (χ3n) is 4.53. The van der Waals surface area contributed by atoms with Gasteiger partial charge in [-0.3, -0.25) is 14.7 Å². The summed E-state index contributed by atoms with van der Waals surface area (Å²) in [7, 11) is 0. The lowest BCUT2D eigenvalue weighted by Crippen LogP contribution is -2.23. The van der Waals surface area contributed by atoms with Gasteiger partial charge in [0.05, 0.1) is 12.1 Å². The van der Waals surface area contributed by atoms with Gasteiger partial charge >= 0.3 is 5.97 Å². The van der Waals surface area contributed by atoms with Gasteiger partial charge in [0.2, 0.25) is 0 Å². The number of aromatic nitrogens is 1. The Morgan fingerprint density at radius 1 is 1.26 bits per heavy atom. The van der Waals surface area contributed by atoms with Gasteiger partial charge in [-0.1, -0.05) is 24.3 Å². The summed E-state index contributed by atoms with van der Waals surface area (Å²) in [5.74, 6) is -0.832. The molecule has 0 unspecified atom stereocenters. The zero-order valence-electron chi connectivity index (χ0n) is 13.4. The zero-order chi connectivity index (χ0) is 16.2. The fraction of sp³-hybridized carbons (Fsp3) is 0.368. The predicted octanol–water partition coefficient (Wildman–Crippen LogP) is 3.53. The minimum absolute atomic E-state index is 0.0132. The number of benzene rings is 1. The van der Waals surface area contributed by atoms with E-state index in [1.54, 1.807) is 6.20 Å². The van der Waals surface area contributed by atoms with Gasteiger partial charge in [0, 0.05) is 17.8 Å². The molecule has 0 bridgehead atoms. The monoisotopic (exact) mass is 310 g/mol. The van der Waals surface area contributed by atoms with Crippen molar-refractivity contribution >= 4 is 5.97 Å². The van der Waals surface area contributed by atoms with Crippen LogP contribution in [-0.4, -0.2) is 34.0 Å². The Hall–Kier alpha value is -2.20. The quantitative estimate of drug-likeness (QED) is 0.918. The third-order valence-corrected chi connectivity index (χ3v) is 4.53. The van der Waals surface area contributed by atoms with Crippen LogP contribution in [0.3, 0.4) is 0 Å². The van der Waals surface area contributed by atoms with E-state index in [1.807, 2.05) is 12.1 Å². The van der Waals surface area contributed by atoms with Gasteiger partial charge in [0.25, 0.3) is 0 Å². The van der Waals surface area contributed by atoms with E-state index in [1.165, 1.54) is 31.5 Å². The molecule has 1 aromatic heterocycles. The minimum atomic E-state index is -0.832. The Kier molecular flexibility index (Phi) is 4.72. The van der Waals surface area contributed by atoms with Crippen molar-refractivity contribution in [2.75, 3.05) is 13.1 Å². The summed E-state index contributed by atoms with van der Waals surface area (Å²) in [4.78, 5) is 17.7. The molecule has 1 aliphatic rings. The molecule has 1 N–H and O–H groups in total. The van der Waals surface area contributed by atoms with Crippen LogP contribution < -0.4 is 0 Å². The number of nitrogens with zero attached hydrogens (tertiary/aromatic N) is 2. The molecule has 1 aromatic carbocycles. The molecular formula is C19H22N2O2. The van der Waals surface area contributed by atoms with E-state index in [2.05, 4.69) is 41.1 Å². The Morgan fingerprint density at radius 2 is 2.04 bits per heavy atom. The molecule has 3 rings (SSSR count). The Bertz CT molecular complexity index is 676. The maximum atomic E-state index is 10.7. The molecule has 4 heteroatoms.